The number of nitrogens with zero attached hydrogens (tertiary/aromatic N) is 1. The average Bonchev–Trinajstić information content (AvgIpc) is 2.81. The Morgan fingerprint density at radius 2 is 1.75 bits per heavy atom. The fraction of sp³-hybridized carbons (Fsp3) is 0.0667. The summed E-state index contributed by atoms with van der Waals surface area (Å²) in [6.07, 6.45) is 1.92. The number of hydrogen-bond donors (Lipinski definition) is 0. The van der Waals surface area contributed by atoms with Crippen molar-refractivity contribution < 1.29 is 12.6 Å². The normalized spacial score (nSPS) is 11.7. The van der Waals surface area contributed by atoms with Gasteiger partial charge in [0.15, 0.2) is 0 Å². The minimum absolute atomic E-state index is 0.145. The van der Waals surface area contributed by atoms with Crippen LogP contribution in [-0.4, -0.2) is 13.0 Å². The van der Waals surface area contributed by atoms with Crippen LogP contribution in [0.5, 0.6) is 5.75 Å². The maximum Gasteiger partial charge on any atom is 0.339 e. The molecule has 0 unspecified atom stereocenters. The molecule has 3 rings (SSSR count). The van der Waals surface area contributed by atoms with E-state index in [2.05, 4.69) is 0 Å². The number of benzene rings is 2. The molecule has 1 heterocycles. The first kappa shape index (κ1) is 12.7. The van der Waals surface area contributed by atoms with Crippen LogP contribution in [0.3, 0.4) is 0 Å². The molecule has 0 aliphatic rings. The van der Waals surface area contributed by atoms with Crippen molar-refractivity contribution in [2.24, 2.45) is 7.05 Å². The smallest absolute Gasteiger partial charge is 0.339 e. The molecule has 0 aliphatic carbocycles. The number of rotatable bonds is 3. The first-order valence-electron chi connectivity index (χ1n) is 6.11. The highest BCUT2D eigenvalue weighted by Gasteiger charge is 2.16. The molecule has 2 aromatic carbocycles. The average molecular weight is 287 g/mol. The van der Waals surface area contributed by atoms with E-state index in [1.54, 1.807) is 30.3 Å². The van der Waals surface area contributed by atoms with Crippen LogP contribution in [0.2, 0.25) is 0 Å². The van der Waals surface area contributed by atoms with Gasteiger partial charge in [-0.05, 0) is 35.7 Å². The third kappa shape index (κ3) is 2.28. The number of hydrogen-bond acceptors (Lipinski definition) is 3. The third-order valence-electron chi connectivity index (χ3n) is 3.10. The lowest BCUT2D eigenvalue weighted by molar-refractivity contribution is 0.486. The van der Waals surface area contributed by atoms with Gasteiger partial charge in [0, 0.05) is 19.3 Å². The van der Waals surface area contributed by atoms with E-state index in [1.807, 2.05) is 29.9 Å². The molecule has 5 heteroatoms. The predicted molar refractivity (Wildman–Crippen MR) is 77.2 cm³/mol. The highest BCUT2D eigenvalue weighted by Crippen LogP contribution is 2.24. The summed E-state index contributed by atoms with van der Waals surface area (Å²) in [7, 11) is -1.89. The van der Waals surface area contributed by atoms with Crippen LogP contribution >= 0.6 is 0 Å². The van der Waals surface area contributed by atoms with Gasteiger partial charge in [0.05, 0.1) is 5.52 Å². The molecule has 3 aromatic rings. The van der Waals surface area contributed by atoms with Crippen molar-refractivity contribution in [3.8, 4) is 5.75 Å². The molecule has 102 valence electrons. The van der Waals surface area contributed by atoms with Gasteiger partial charge in [-0.15, -0.1) is 0 Å². The van der Waals surface area contributed by atoms with E-state index in [1.165, 1.54) is 12.1 Å². The van der Waals surface area contributed by atoms with Crippen molar-refractivity contribution in [2.75, 3.05) is 0 Å². The lowest BCUT2D eigenvalue weighted by atomic mass is 10.2. The zero-order valence-corrected chi connectivity index (χ0v) is 11.7. The van der Waals surface area contributed by atoms with Crippen LogP contribution in [0.4, 0.5) is 0 Å². The largest absolute Gasteiger partial charge is 0.379 e. The zero-order chi connectivity index (χ0) is 14.2. The van der Waals surface area contributed by atoms with Crippen LogP contribution in [-0.2, 0) is 17.2 Å². The fourth-order valence-electron chi connectivity index (χ4n) is 2.06. The number of fused-ring (bicyclic) bond motifs is 1. The quantitative estimate of drug-likeness (QED) is 0.696. The Labute approximate surface area is 117 Å². The van der Waals surface area contributed by atoms with Crippen molar-refractivity contribution in [1.82, 2.24) is 4.57 Å². The molecule has 0 spiro atoms. The zero-order valence-electron chi connectivity index (χ0n) is 10.9. The minimum Gasteiger partial charge on any atom is -0.379 e. The molecule has 0 fully saturated rings. The van der Waals surface area contributed by atoms with E-state index in [9.17, 15) is 8.42 Å². The molecule has 0 aliphatic heterocycles. The van der Waals surface area contributed by atoms with Gasteiger partial charge in [-0.25, -0.2) is 0 Å². The monoisotopic (exact) mass is 287 g/mol. The van der Waals surface area contributed by atoms with Gasteiger partial charge in [0.25, 0.3) is 0 Å². The molecule has 0 saturated heterocycles. The maximum atomic E-state index is 12.1. The Balaban J connectivity index is 1.98. The first-order chi connectivity index (χ1) is 9.56. The topological polar surface area (TPSA) is 48.3 Å². The van der Waals surface area contributed by atoms with Gasteiger partial charge < -0.3 is 8.75 Å². The van der Waals surface area contributed by atoms with E-state index < -0.39 is 10.1 Å². The van der Waals surface area contributed by atoms with Gasteiger partial charge in [-0.1, -0.05) is 18.2 Å². The van der Waals surface area contributed by atoms with Gasteiger partial charge in [-0.3, -0.25) is 0 Å². The maximum absolute atomic E-state index is 12.1. The summed E-state index contributed by atoms with van der Waals surface area (Å²) in [6, 6.07) is 15.3. The second-order valence-electron chi connectivity index (χ2n) is 4.50. The van der Waals surface area contributed by atoms with Crippen LogP contribution in [0.1, 0.15) is 0 Å². The molecule has 1 aromatic heterocycles. The molecule has 4 nitrogen and oxygen atoms in total. The second kappa shape index (κ2) is 4.68. The lowest BCUT2D eigenvalue weighted by Gasteiger charge is -2.07. The fourth-order valence-corrected chi connectivity index (χ4v) is 3.00. The van der Waals surface area contributed by atoms with E-state index in [0.29, 0.717) is 5.75 Å². The summed E-state index contributed by atoms with van der Waals surface area (Å²) in [5.74, 6) is 0.308. The van der Waals surface area contributed by atoms with Gasteiger partial charge in [0.2, 0.25) is 0 Å². The summed E-state index contributed by atoms with van der Waals surface area (Å²) in [4.78, 5) is 0.145. The molecular weight excluding hydrogens is 274 g/mol. The summed E-state index contributed by atoms with van der Waals surface area (Å²) in [6.45, 7) is 0. The summed E-state index contributed by atoms with van der Waals surface area (Å²) in [5.41, 5.74) is 0.922. The highest BCUT2D eigenvalue weighted by atomic mass is 32.2. The minimum atomic E-state index is -3.79. The first-order valence-corrected chi connectivity index (χ1v) is 7.52. The Kier molecular flexibility index (Phi) is 2.99. The van der Waals surface area contributed by atoms with Gasteiger partial charge in [0.1, 0.15) is 10.6 Å². The Bertz CT molecular complexity index is 851. The van der Waals surface area contributed by atoms with Crippen molar-refractivity contribution in [3.63, 3.8) is 0 Å². The summed E-state index contributed by atoms with van der Waals surface area (Å²) in [5, 5.41) is 1.04. The van der Waals surface area contributed by atoms with Gasteiger partial charge in [-0.2, -0.15) is 8.42 Å². The van der Waals surface area contributed by atoms with Crippen molar-refractivity contribution in [2.45, 2.75) is 4.90 Å². The molecule has 20 heavy (non-hydrogen) atoms. The Morgan fingerprint density at radius 1 is 1.00 bits per heavy atom. The van der Waals surface area contributed by atoms with Crippen LogP contribution in [0.25, 0.3) is 10.9 Å². The Hall–Kier alpha value is -2.27. The number of aryl methyl sites for hydroxylation is 1. The third-order valence-corrected chi connectivity index (χ3v) is 4.36. The number of aromatic nitrogens is 1. The van der Waals surface area contributed by atoms with E-state index in [-0.39, 0.29) is 4.90 Å². The van der Waals surface area contributed by atoms with Crippen LogP contribution in [0, 0.1) is 0 Å². The molecule has 0 saturated carbocycles. The van der Waals surface area contributed by atoms with Crippen molar-refractivity contribution in [1.29, 1.82) is 0 Å². The van der Waals surface area contributed by atoms with Crippen LogP contribution < -0.4 is 4.18 Å². The van der Waals surface area contributed by atoms with E-state index >= 15 is 0 Å². The van der Waals surface area contributed by atoms with E-state index in [4.69, 9.17) is 4.18 Å². The molecule has 0 bridgehead atoms. The van der Waals surface area contributed by atoms with Crippen molar-refractivity contribution in [3.05, 3.63) is 60.8 Å². The van der Waals surface area contributed by atoms with Crippen LogP contribution in [0.15, 0.2) is 65.7 Å². The molecule has 0 atom stereocenters. The Morgan fingerprint density at radius 3 is 2.50 bits per heavy atom. The SMILES string of the molecule is Cn1ccc2ccc(OS(=O)(=O)c3ccccc3)cc21. The predicted octanol–water partition coefficient (Wildman–Crippen LogP) is 2.95. The van der Waals surface area contributed by atoms with Crippen molar-refractivity contribution >= 4 is 21.0 Å². The molecular formula is C15H13NO3S. The standard InChI is InChI=1S/C15H13NO3S/c1-16-10-9-12-7-8-13(11-15(12)16)19-20(17,18)14-5-3-2-4-6-14/h2-11H,1H3. The molecule has 0 amide bonds. The van der Waals surface area contributed by atoms with Gasteiger partial charge >= 0.3 is 10.1 Å². The molecule has 0 radical (unpaired) electrons. The summed E-state index contributed by atoms with van der Waals surface area (Å²) >= 11 is 0. The highest BCUT2D eigenvalue weighted by molar-refractivity contribution is 7.87. The second-order valence-corrected chi connectivity index (χ2v) is 6.04. The summed E-state index contributed by atoms with van der Waals surface area (Å²) < 4.78 is 31.4. The van der Waals surface area contributed by atoms with E-state index in [0.717, 1.165) is 10.9 Å². The lowest BCUT2D eigenvalue weighted by Crippen LogP contribution is -2.09. The molecule has 0 N–H and O–H groups in total.